The van der Waals surface area contributed by atoms with Crippen molar-refractivity contribution in [3.63, 3.8) is 0 Å². The molecule has 0 aliphatic heterocycles. The van der Waals surface area contributed by atoms with Gasteiger partial charge >= 0.3 is 6.03 Å². The molecule has 0 unspecified atom stereocenters. The molecule has 1 aromatic carbocycles. The van der Waals surface area contributed by atoms with Crippen LogP contribution in [0, 0.1) is 0 Å². The predicted octanol–water partition coefficient (Wildman–Crippen LogP) is 3.40. The summed E-state index contributed by atoms with van der Waals surface area (Å²) in [6.45, 7) is 3.00. The lowest BCUT2D eigenvalue weighted by molar-refractivity contribution is 0.262. The number of urea groups is 1. The monoisotopic (exact) mass is 313 g/mol. The summed E-state index contributed by atoms with van der Waals surface area (Å²) in [4.78, 5) is 14.3. The molecule has 6 nitrogen and oxygen atoms in total. The quantitative estimate of drug-likeness (QED) is 0.889. The van der Waals surface area contributed by atoms with E-state index in [0.717, 1.165) is 17.9 Å². The van der Waals surface area contributed by atoms with Crippen LogP contribution in [0.25, 0.3) is 0 Å². The number of hydrogen-bond donors (Lipinski definition) is 2. The Balaban J connectivity index is 1.64. The molecule has 3 rings (SSSR count). The highest BCUT2D eigenvalue weighted by Crippen LogP contribution is 2.40. The first-order valence-corrected chi connectivity index (χ1v) is 8.00. The summed E-state index contributed by atoms with van der Waals surface area (Å²) in [5.74, 6) is 1.20. The van der Waals surface area contributed by atoms with Crippen LogP contribution in [-0.2, 0) is 7.05 Å². The van der Waals surface area contributed by atoms with Crippen molar-refractivity contribution in [1.82, 2.24) is 9.78 Å². The van der Waals surface area contributed by atoms with E-state index < -0.39 is 0 Å². The molecule has 0 spiro atoms. The van der Waals surface area contributed by atoms with Crippen molar-refractivity contribution in [1.29, 1.82) is 0 Å². The normalized spacial score (nSPS) is 13.7. The number of hydrogen-bond acceptors (Lipinski definition) is 3. The zero-order valence-corrected chi connectivity index (χ0v) is 13.8. The second-order valence-electron chi connectivity index (χ2n) is 6.00. The molecule has 2 N–H and O–H groups in total. The summed E-state index contributed by atoms with van der Waals surface area (Å²) in [7, 11) is 3.94. The van der Waals surface area contributed by atoms with Crippen molar-refractivity contribution in [2.45, 2.75) is 25.7 Å². The van der Waals surface area contributed by atoms with Gasteiger partial charge in [-0.3, -0.25) is 10.00 Å². The van der Waals surface area contributed by atoms with Crippen LogP contribution in [0.4, 0.5) is 22.0 Å². The molecule has 122 valence electrons. The molecule has 0 radical (unpaired) electrons. The molecule has 1 saturated carbocycles. The molecule has 2 aromatic rings. The van der Waals surface area contributed by atoms with Crippen molar-refractivity contribution in [2.24, 2.45) is 7.05 Å². The lowest BCUT2D eigenvalue weighted by Crippen LogP contribution is -2.20. The maximum atomic E-state index is 12.2. The Morgan fingerprint density at radius 1 is 1.35 bits per heavy atom. The predicted molar refractivity (Wildman–Crippen MR) is 93.2 cm³/mol. The van der Waals surface area contributed by atoms with Crippen LogP contribution in [-0.4, -0.2) is 29.4 Å². The lowest BCUT2D eigenvalue weighted by Gasteiger charge is -2.17. The highest BCUT2D eigenvalue weighted by molar-refractivity contribution is 5.99. The highest BCUT2D eigenvalue weighted by atomic mass is 16.2. The number of rotatable bonds is 5. The molecule has 0 saturated heterocycles. The van der Waals surface area contributed by atoms with Crippen LogP contribution < -0.4 is 15.5 Å². The van der Waals surface area contributed by atoms with E-state index in [9.17, 15) is 4.79 Å². The van der Waals surface area contributed by atoms with Crippen molar-refractivity contribution < 1.29 is 4.79 Å². The number of nitrogens with one attached hydrogen (secondary N) is 2. The summed E-state index contributed by atoms with van der Waals surface area (Å²) in [6.07, 6.45) is 2.42. The van der Waals surface area contributed by atoms with Crippen LogP contribution in [0.5, 0.6) is 0 Å². The Morgan fingerprint density at radius 3 is 2.83 bits per heavy atom. The topological polar surface area (TPSA) is 62.2 Å². The molecule has 1 heterocycles. The standard InChI is InChI=1S/C17H23N5O/c1-4-21(2)14-7-5-6-13(10-14)18-17(23)19-16-11-15(12-8-9-12)22(3)20-16/h5-7,10-12H,4,8-9H2,1-3H3,(H2,18,19,20,23). The summed E-state index contributed by atoms with van der Waals surface area (Å²) >= 11 is 0. The number of aromatic nitrogens is 2. The number of nitrogens with zero attached hydrogens (tertiary/aromatic N) is 3. The van der Waals surface area contributed by atoms with Crippen molar-refractivity contribution in [3.8, 4) is 0 Å². The molecule has 1 fully saturated rings. The zero-order valence-electron chi connectivity index (χ0n) is 13.8. The largest absolute Gasteiger partial charge is 0.375 e. The number of benzene rings is 1. The minimum absolute atomic E-state index is 0.276. The SMILES string of the molecule is CCN(C)c1cccc(NC(=O)Nc2cc(C3CC3)n(C)n2)c1. The van der Waals surface area contributed by atoms with Gasteiger partial charge in [0.2, 0.25) is 0 Å². The smallest absolute Gasteiger partial charge is 0.324 e. The van der Waals surface area contributed by atoms with Gasteiger partial charge in [0.25, 0.3) is 0 Å². The molecular weight excluding hydrogens is 290 g/mol. The lowest BCUT2D eigenvalue weighted by atomic mass is 10.2. The average molecular weight is 313 g/mol. The maximum Gasteiger partial charge on any atom is 0.324 e. The number of anilines is 3. The molecule has 0 bridgehead atoms. The minimum Gasteiger partial charge on any atom is -0.375 e. The van der Waals surface area contributed by atoms with Gasteiger partial charge in [-0.05, 0) is 38.0 Å². The molecule has 1 aliphatic rings. The third-order valence-electron chi connectivity index (χ3n) is 4.17. The fraction of sp³-hybridized carbons (Fsp3) is 0.412. The van der Waals surface area contributed by atoms with E-state index in [2.05, 4.69) is 27.6 Å². The highest BCUT2D eigenvalue weighted by Gasteiger charge is 2.27. The molecule has 1 aromatic heterocycles. The second-order valence-corrected chi connectivity index (χ2v) is 6.00. The van der Waals surface area contributed by atoms with E-state index >= 15 is 0 Å². The number of amides is 2. The van der Waals surface area contributed by atoms with E-state index in [-0.39, 0.29) is 6.03 Å². The fourth-order valence-corrected chi connectivity index (χ4v) is 2.59. The van der Waals surface area contributed by atoms with Crippen LogP contribution in [0.15, 0.2) is 30.3 Å². The Morgan fingerprint density at radius 2 is 2.13 bits per heavy atom. The second kappa shape index (κ2) is 6.32. The van der Waals surface area contributed by atoms with Crippen molar-refractivity contribution in [3.05, 3.63) is 36.0 Å². The third-order valence-corrected chi connectivity index (χ3v) is 4.17. The average Bonchev–Trinajstić information content (AvgIpc) is 3.30. The van der Waals surface area contributed by atoms with Gasteiger partial charge in [-0.2, -0.15) is 5.10 Å². The Labute approximate surface area is 136 Å². The van der Waals surface area contributed by atoms with E-state index in [1.165, 1.54) is 18.5 Å². The van der Waals surface area contributed by atoms with Gasteiger partial charge in [0, 0.05) is 49.7 Å². The maximum absolute atomic E-state index is 12.2. The summed E-state index contributed by atoms with van der Waals surface area (Å²) in [6, 6.07) is 9.47. The number of carbonyl (C=O) groups excluding carboxylic acids is 1. The van der Waals surface area contributed by atoms with Crippen LogP contribution >= 0.6 is 0 Å². The van der Waals surface area contributed by atoms with Gasteiger partial charge in [-0.15, -0.1) is 0 Å². The Bertz CT molecular complexity index is 705. The van der Waals surface area contributed by atoms with E-state index in [4.69, 9.17) is 0 Å². The van der Waals surface area contributed by atoms with Gasteiger partial charge in [0.05, 0.1) is 0 Å². The van der Waals surface area contributed by atoms with E-state index in [0.29, 0.717) is 11.7 Å². The zero-order chi connectivity index (χ0) is 16.4. The van der Waals surface area contributed by atoms with Crippen LogP contribution in [0.1, 0.15) is 31.4 Å². The van der Waals surface area contributed by atoms with Crippen molar-refractivity contribution >= 4 is 23.2 Å². The van der Waals surface area contributed by atoms with Crippen molar-refractivity contribution in [2.75, 3.05) is 29.1 Å². The van der Waals surface area contributed by atoms with E-state index in [1.54, 1.807) is 0 Å². The summed E-state index contributed by atoms with van der Waals surface area (Å²) < 4.78 is 1.85. The van der Waals surface area contributed by atoms with E-state index in [1.807, 2.05) is 49.1 Å². The van der Waals surface area contributed by atoms with Gasteiger partial charge in [-0.1, -0.05) is 6.07 Å². The molecule has 23 heavy (non-hydrogen) atoms. The fourth-order valence-electron chi connectivity index (χ4n) is 2.59. The van der Waals surface area contributed by atoms with Crippen LogP contribution in [0.2, 0.25) is 0 Å². The molecule has 6 heteroatoms. The number of aryl methyl sites for hydroxylation is 1. The first-order valence-electron chi connectivity index (χ1n) is 8.00. The van der Waals surface area contributed by atoms with Gasteiger partial charge in [0.1, 0.15) is 0 Å². The van der Waals surface area contributed by atoms with Gasteiger partial charge in [-0.25, -0.2) is 4.79 Å². The number of carbonyl (C=O) groups is 1. The molecular formula is C17H23N5O. The van der Waals surface area contributed by atoms with Gasteiger partial charge in [0.15, 0.2) is 5.82 Å². The Kier molecular flexibility index (Phi) is 4.23. The third kappa shape index (κ3) is 3.64. The first-order chi connectivity index (χ1) is 11.1. The minimum atomic E-state index is -0.276. The first kappa shape index (κ1) is 15.4. The molecule has 2 amide bonds. The molecule has 0 atom stereocenters. The summed E-state index contributed by atoms with van der Waals surface area (Å²) in [5, 5.41) is 10.0. The summed E-state index contributed by atoms with van der Waals surface area (Å²) in [5.41, 5.74) is 3.02. The molecule has 1 aliphatic carbocycles. The van der Waals surface area contributed by atoms with Gasteiger partial charge < -0.3 is 10.2 Å². The van der Waals surface area contributed by atoms with Crippen LogP contribution in [0.3, 0.4) is 0 Å². The Hall–Kier alpha value is -2.50.